The molecule has 1 aliphatic heterocycles. The molecule has 0 radical (unpaired) electrons. The van der Waals surface area contributed by atoms with Crippen molar-refractivity contribution >= 4 is 17.0 Å². The van der Waals surface area contributed by atoms with Crippen molar-refractivity contribution in [3.05, 3.63) is 59.2 Å². The van der Waals surface area contributed by atoms with E-state index in [1.807, 2.05) is 30.3 Å². The molecule has 0 amide bonds. The van der Waals surface area contributed by atoms with Gasteiger partial charge in [-0.25, -0.2) is 9.37 Å². The Bertz CT molecular complexity index is 1080. The number of halogens is 1. The first-order valence-corrected chi connectivity index (χ1v) is 9.80. The lowest BCUT2D eigenvalue weighted by atomic mass is 10.0. The monoisotopic (exact) mass is 375 g/mol. The summed E-state index contributed by atoms with van der Waals surface area (Å²) in [5.41, 5.74) is 11.2. The summed E-state index contributed by atoms with van der Waals surface area (Å²) in [4.78, 5) is 7.03. The zero-order chi connectivity index (χ0) is 19.3. The number of benzene rings is 2. The molecule has 1 fully saturated rings. The van der Waals surface area contributed by atoms with Gasteiger partial charge in [0.05, 0.1) is 34.7 Å². The van der Waals surface area contributed by atoms with E-state index in [9.17, 15) is 9.65 Å². The maximum Gasteiger partial charge on any atom is 0.207 e. The molecule has 0 unspecified atom stereocenters. The molecule has 0 spiro atoms. The third-order valence-corrected chi connectivity index (χ3v) is 6.06. The summed E-state index contributed by atoms with van der Waals surface area (Å²) in [5, 5.41) is 9.21. The van der Waals surface area contributed by atoms with Crippen molar-refractivity contribution in [3.63, 3.8) is 0 Å². The predicted molar refractivity (Wildman–Crippen MR) is 107 cm³/mol. The number of fused-ring (bicyclic) bond motifs is 2. The van der Waals surface area contributed by atoms with Gasteiger partial charge in [-0.2, -0.15) is 5.26 Å². The van der Waals surface area contributed by atoms with Crippen LogP contribution in [0.4, 0.5) is 10.3 Å². The van der Waals surface area contributed by atoms with E-state index in [1.54, 1.807) is 0 Å². The summed E-state index contributed by atoms with van der Waals surface area (Å²) in [6.07, 6.45) is 1.37. The Hall–Kier alpha value is -2.91. The predicted octanol–water partition coefficient (Wildman–Crippen LogP) is 3.32. The number of nitrogens with two attached hydrogens (primary N) is 1. The van der Waals surface area contributed by atoms with Gasteiger partial charge in [-0.3, -0.25) is 0 Å². The molecule has 5 rings (SSSR count). The van der Waals surface area contributed by atoms with Crippen LogP contribution in [0.25, 0.3) is 11.0 Å². The van der Waals surface area contributed by atoms with Crippen LogP contribution in [0, 0.1) is 11.3 Å². The molecule has 2 aliphatic rings. The molecular formula is C22H22FN5. The third kappa shape index (κ3) is 2.66. The Labute approximate surface area is 163 Å². The zero-order valence-electron chi connectivity index (χ0n) is 15.6. The van der Waals surface area contributed by atoms with Crippen LogP contribution >= 0.6 is 0 Å². The number of hydrogen-bond donors (Lipinski definition) is 1. The van der Waals surface area contributed by atoms with Gasteiger partial charge in [-0.15, -0.1) is 0 Å². The number of para-hydroxylation sites is 2. The van der Waals surface area contributed by atoms with Crippen molar-refractivity contribution < 1.29 is 4.39 Å². The van der Waals surface area contributed by atoms with E-state index in [2.05, 4.69) is 27.7 Å². The lowest BCUT2D eigenvalue weighted by Gasteiger charge is -2.35. The topological polar surface area (TPSA) is 70.9 Å². The van der Waals surface area contributed by atoms with E-state index >= 15 is 0 Å². The number of anilines is 1. The Morgan fingerprint density at radius 3 is 2.86 bits per heavy atom. The van der Waals surface area contributed by atoms with Crippen molar-refractivity contribution in [2.24, 2.45) is 5.73 Å². The van der Waals surface area contributed by atoms with Crippen LogP contribution < -0.4 is 10.6 Å². The van der Waals surface area contributed by atoms with E-state index in [4.69, 9.17) is 10.7 Å². The van der Waals surface area contributed by atoms with Crippen LogP contribution in [0.5, 0.6) is 0 Å². The van der Waals surface area contributed by atoms with Gasteiger partial charge in [0.2, 0.25) is 5.95 Å². The zero-order valence-corrected chi connectivity index (χ0v) is 15.6. The van der Waals surface area contributed by atoms with E-state index in [0.717, 1.165) is 29.8 Å². The second-order valence-electron chi connectivity index (χ2n) is 7.76. The van der Waals surface area contributed by atoms with E-state index < -0.39 is 12.2 Å². The van der Waals surface area contributed by atoms with Gasteiger partial charge in [0, 0.05) is 13.1 Å². The number of piperidine rings is 1. The molecule has 3 atom stereocenters. The Kier molecular flexibility index (Phi) is 4.06. The summed E-state index contributed by atoms with van der Waals surface area (Å²) in [7, 11) is 0. The van der Waals surface area contributed by atoms with Crippen LogP contribution in [0.15, 0.2) is 42.5 Å². The van der Waals surface area contributed by atoms with Crippen LogP contribution in [0.1, 0.15) is 35.6 Å². The molecule has 142 valence electrons. The SMILES string of the molecule is N#Cc1ccc2c(c1)CC[C@H]2n1c(N2CC[C@@H](F)[C@H](N)C2)nc2ccccc21. The fourth-order valence-corrected chi connectivity index (χ4v) is 4.63. The van der Waals surface area contributed by atoms with Crippen LogP contribution in [-0.4, -0.2) is 34.9 Å². The Balaban J connectivity index is 1.63. The van der Waals surface area contributed by atoms with E-state index in [0.29, 0.717) is 25.1 Å². The summed E-state index contributed by atoms with van der Waals surface area (Å²) in [6, 6.07) is 16.0. The molecule has 1 aliphatic carbocycles. The molecule has 5 nitrogen and oxygen atoms in total. The fourth-order valence-electron chi connectivity index (χ4n) is 4.63. The number of imidazole rings is 1. The van der Waals surface area contributed by atoms with E-state index in [1.165, 1.54) is 11.1 Å². The van der Waals surface area contributed by atoms with Crippen molar-refractivity contribution in [1.82, 2.24) is 9.55 Å². The first-order chi connectivity index (χ1) is 13.7. The number of aromatic nitrogens is 2. The molecule has 2 heterocycles. The molecule has 2 aromatic carbocycles. The van der Waals surface area contributed by atoms with Gasteiger partial charge >= 0.3 is 0 Å². The second kappa shape index (κ2) is 6.61. The number of nitrogens with zero attached hydrogens (tertiary/aromatic N) is 4. The molecule has 0 bridgehead atoms. The minimum Gasteiger partial charge on any atom is -0.340 e. The summed E-state index contributed by atoms with van der Waals surface area (Å²) in [5.74, 6) is 0.866. The molecule has 6 heteroatoms. The Morgan fingerprint density at radius 2 is 2.04 bits per heavy atom. The highest BCUT2D eigenvalue weighted by Gasteiger charge is 2.33. The number of hydrogen-bond acceptors (Lipinski definition) is 4. The normalized spacial score (nSPS) is 24.3. The van der Waals surface area contributed by atoms with Crippen molar-refractivity contribution in [2.75, 3.05) is 18.0 Å². The molecule has 28 heavy (non-hydrogen) atoms. The van der Waals surface area contributed by atoms with Crippen molar-refractivity contribution in [2.45, 2.75) is 37.5 Å². The van der Waals surface area contributed by atoms with Gasteiger partial charge in [-0.1, -0.05) is 18.2 Å². The minimum absolute atomic E-state index is 0.157. The smallest absolute Gasteiger partial charge is 0.207 e. The summed E-state index contributed by atoms with van der Waals surface area (Å²) < 4.78 is 16.2. The van der Waals surface area contributed by atoms with Gasteiger partial charge in [-0.05, 0) is 54.7 Å². The number of alkyl halides is 1. The molecule has 1 saturated heterocycles. The largest absolute Gasteiger partial charge is 0.340 e. The quantitative estimate of drug-likeness (QED) is 0.746. The summed E-state index contributed by atoms with van der Waals surface area (Å²) >= 11 is 0. The average molecular weight is 375 g/mol. The molecule has 2 N–H and O–H groups in total. The van der Waals surface area contributed by atoms with E-state index in [-0.39, 0.29) is 6.04 Å². The highest BCUT2D eigenvalue weighted by Crippen LogP contribution is 2.40. The lowest BCUT2D eigenvalue weighted by molar-refractivity contribution is 0.243. The Morgan fingerprint density at radius 1 is 1.18 bits per heavy atom. The second-order valence-corrected chi connectivity index (χ2v) is 7.76. The lowest BCUT2D eigenvalue weighted by Crippen LogP contribution is -2.50. The molecule has 3 aromatic rings. The highest BCUT2D eigenvalue weighted by atomic mass is 19.1. The van der Waals surface area contributed by atoms with Crippen LogP contribution in [0.3, 0.4) is 0 Å². The fraction of sp³-hybridized carbons (Fsp3) is 0.364. The average Bonchev–Trinajstić information content (AvgIpc) is 3.30. The van der Waals surface area contributed by atoms with Gasteiger partial charge in [0.1, 0.15) is 6.17 Å². The first kappa shape index (κ1) is 17.2. The maximum absolute atomic E-state index is 13.9. The first-order valence-electron chi connectivity index (χ1n) is 9.80. The van der Waals surface area contributed by atoms with Crippen LogP contribution in [-0.2, 0) is 6.42 Å². The van der Waals surface area contributed by atoms with Crippen molar-refractivity contribution in [1.29, 1.82) is 5.26 Å². The minimum atomic E-state index is -0.953. The number of rotatable bonds is 2. The molecular weight excluding hydrogens is 353 g/mol. The third-order valence-electron chi connectivity index (χ3n) is 6.06. The number of aryl methyl sites for hydroxylation is 1. The van der Waals surface area contributed by atoms with Gasteiger partial charge in [0.15, 0.2) is 0 Å². The standard InChI is InChI=1S/C22H22FN5/c23-17-9-10-27(13-18(17)25)22-26-19-3-1-2-4-21(19)28(22)20-8-6-15-11-14(12-24)5-7-16(15)20/h1-5,7,11,17-18,20H,6,8-10,13,25H2/t17-,18-,20-/m1/s1. The van der Waals surface area contributed by atoms with Gasteiger partial charge in [0.25, 0.3) is 0 Å². The number of nitriles is 1. The molecule has 0 saturated carbocycles. The highest BCUT2D eigenvalue weighted by molar-refractivity contribution is 5.79. The summed E-state index contributed by atoms with van der Waals surface area (Å²) in [6.45, 7) is 1.09. The maximum atomic E-state index is 13.9. The van der Waals surface area contributed by atoms with Crippen molar-refractivity contribution in [3.8, 4) is 6.07 Å². The molecule has 1 aromatic heterocycles. The van der Waals surface area contributed by atoms with Crippen LogP contribution in [0.2, 0.25) is 0 Å². The van der Waals surface area contributed by atoms with Gasteiger partial charge < -0.3 is 15.2 Å².